The van der Waals surface area contributed by atoms with Gasteiger partial charge in [-0.3, -0.25) is 14.9 Å². The third-order valence-corrected chi connectivity index (χ3v) is 4.40. The summed E-state index contributed by atoms with van der Waals surface area (Å²) in [5.41, 5.74) is 7.21. The quantitative estimate of drug-likeness (QED) is 0.725. The summed E-state index contributed by atoms with van der Waals surface area (Å²) in [7, 11) is 0. The Hall–Kier alpha value is -3.06. The molecule has 2 atom stereocenters. The van der Waals surface area contributed by atoms with Crippen LogP contribution in [0.4, 0.5) is 5.69 Å². The highest BCUT2D eigenvalue weighted by Gasteiger charge is 2.19. The minimum atomic E-state index is -0.504. The molecule has 0 unspecified atom stereocenters. The van der Waals surface area contributed by atoms with Gasteiger partial charge in [0.05, 0.1) is 6.04 Å². The molecule has 0 radical (unpaired) electrons. The zero-order chi connectivity index (χ0) is 19.4. The fourth-order valence-corrected chi connectivity index (χ4v) is 2.84. The van der Waals surface area contributed by atoms with Gasteiger partial charge in [0.1, 0.15) is 13.2 Å². The first-order valence-corrected chi connectivity index (χ1v) is 8.80. The summed E-state index contributed by atoms with van der Waals surface area (Å²) < 4.78 is 11.1. The van der Waals surface area contributed by atoms with Crippen LogP contribution in [0.3, 0.4) is 0 Å². The lowest BCUT2D eigenvalue weighted by Gasteiger charge is -2.23. The van der Waals surface area contributed by atoms with Crippen molar-refractivity contribution in [3.8, 4) is 11.5 Å². The van der Waals surface area contributed by atoms with Gasteiger partial charge >= 0.3 is 0 Å². The molecule has 0 saturated heterocycles. The monoisotopic (exact) mass is 369 g/mol. The molecule has 7 nitrogen and oxygen atoms in total. The molecule has 27 heavy (non-hydrogen) atoms. The van der Waals surface area contributed by atoms with E-state index < -0.39 is 11.9 Å². The van der Waals surface area contributed by atoms with Crippen LogP contribution in [-0.2, 0) is 4.79 Å². The number of nitrogens with one attached hydrogen (secondary N) is 2. The van der Waals surface area contributed by atoms with Crippen molar-refractivity contribution in [3.63, 3.8) is 0 Å². The number of benzene rings is 2. The van der Waals surface area contributed by atoms with E-state index in [2.05, 4.69) is 10.6 Å². The summed E-state index contributed by atoms with van der Waals surface area (Å²) in [6.07, 6.45) is 0. The molecule has 0 bridgehead atoms. The molecule has 0 spiro atoms. The maximum Gasteiger partial charge on any atom is 0.248 e. The van der Waals surface area contributed by atoms with Crippen LogP contribution in [-0.4, -0.2) is 31.1 Å². The van der Waals surface area contributed by atoms with Crippen LogP contribution in [0.2, 0.25) is 0 Å². The predicted molar refractivity (Wildman–Crippen MR) is 102 cm³/mol. The smallest absolute Gasteiger partial charge is 0.248 e. The van der Waals surface area contributed by atoms with Crippen molar-refractivity contribution < 1.29 is 19.1 Å². The van der Waals surface area contributed by atoms with E-state index in [1.165, 1.54) is 0 Å². The van der Waals surface area contributed by atoms with Gasteiger partial charge < -0.3 is 20.5 Å². The van der Waals surface area contributed by atoms with Crippen molar-refractivity contribution in [2.45, 2.75) is 25.9 Å². The van der Waals surface area contributed by atoms with Gasteiger partial charge in [0.15, 0.2) is 11.5 Å². The van der Waals surface area contributed by atoms with E-state index in [1.54, 1.807) is 31.2 Å². The molecule has 4 N–H and O–H groups in total. The first-order valence-electron chi connectivity index (χ1n) is 8.80. The average molecular weight is 369 g/mol. The number of amides is 2. The third-order valence-electron chi connectivity index (χ3n) is 4.40. The molecule has 0 aliphatic carbocycles. The second kappa shape index (κ2) is 8.09. The molecular weight excluding hydrogens is 346 g/mol. The summed E-state index contributed by atoms with van der Waals surface area (Å²) in [5.74, 6) is 0.781. The van der Waals surface area contributed by atoms with Gasteiger partial charge in [0, 0.05) is 17.3 Å². The molecule has 1 aliphatic heterocycles. The topological polar surface area (TPSA) is 103 Å². The molecule has 3 rings (SSSR count). The lowest BCUT2D eigenvalue weighted by molar-refractivity contribution is -0.117. The van der Waals surface area contributed by atoms with Gasteiger partial charge in [-0.1, -0.05) is 6.07 Å². The fourth-order valence-electron chi connectivity index (χ4n) is 2.84. The first kappa shape index (κ1) is 18.7. The summed E-state index contributed by atoms with van der Waals surface area (Å²) in [4.78, 5) is 23.5. The van der Waals surface area contributed by atoms with E-state index in [-0.39, 0.29) is 11.9 Å². The minimum Gasteiger partial charge on any atom is -0.486 e. The minimum absolute atomic E-state index is 0.0567. The molecular formula is C20H23N3O4. The van der Waals surface area contributed by atoms with Crippen LogP contribution >= 0.6 is 0 Å². The number of carbonyl (C=O) groups is 2. The largest absolute Gasteiger partial charge is 0.486 e. The molecule has 1 aliphatic rings. The zero-order valence-corrected chi connectivity index (χ0v) is 15.3. The van der Waals surface area contributed by atoms with Crippen molar-refractivity contribution in [1.82, 2.24) is 5.32 Å². The van der Waals surface area contributed by atoms with Crippen molar-refractivity contribution in [2.24, 2.45) is 5.73 Å². The van der Waals surface area contributed by atoms with Gasteiger partial charge in [0.25, 0.3) is 0 Å². The molecule has 1 heterocycles. The lowest BCUT2D eigenvalue weighted by atomic mass is 10.1. The van der Waals surface area contributed by atoms with Crippen molar-refractivity contribution in [2.75, 3.05) is 18.5 Å². The highest BCUT2D eigenvalue weighted by Crippen LogP contribution is 2.32. The van der Waals surface area contributed by atoms with E-state index in [0.717, 1.165) is 17.1 Å². The Bertz CT molecular complexity index is 836. The molecule has 2 amide bonds. The first-order chi connectivity index (χ1) is 12.9. The highest BCUT2D eigenvalue weighted by atomic mass is 16.6. The van der Waals surface area contributed by atoms with Crippen LogP contribution in [0.5, 0.6) is 11.5 Å². The number of hydrogen-bond acceptors (Lipinski definition) is 5. The van der Waals surface area contributed by atoms with E-state index in [1.807, 2.05) is 25.1 Å². The summed E-state index contributed by atoms with van der Waals surface area (Å²) in [5, 5.41) is 6.09. The standard InChI is InChI=1S/C20H23N3O4/c1-12(15-5-8-17-18(11-15)27-10-9-26-17)22-13(2)20(25)23-16-6-3-14(4-7-16)19(21)24/h3-8,11-13,22H,9-10H2,1-2H3,(H2,21,24)(H,23,25)/t12-,13+/m1/s1. The van der Waals surface area contributed by atoms with Crippen LogP contribution in [0.25, 0.3) is 0 Å². The fraction of sp³-hybridized carbons (Fsp3) is 0.300. The Kier molecular flexibility index (Phi) is 5.61. The van der Waals surface area contributed by atoms with Crippen LogP contribution in [0.1, 0.15) is 35.8 Å². The maximum absolute atomic E-state index is 12.4. The SMILES string of the molecule is C[C@H](N[C@H](C)c1ccc2c(c1)OCCO2)C(=O)Nc1ccc(C(N)=O)cc1. The Morgan fingerprint density at radius 3 is 2.33 bits per heavy atom. The van der Waals surface area contributed by atoms with Crippen molar-refractivity contribution in [3.05, 3.63) is 53.6 Å². The number of primary amides is 1. The number of carbonyl (C=O) groups excluding carboxylic acids is 2. The van der Waals surface area contributed by atoms with E-state index in [0.29, 0.717) is 24.5 Å². The second-order valence-electron chi connectivity index (χ2n) is 6.44. The Morgan fingerprint density at radius 1 is 1.00 bits per heavy atom. The van der Waals surface area contributed by atoms with Gasteiger partial charge in [-0.2, -0.15) is 0 Å². The normalized spacial score (nSPS) is 14.9. The molecule has 7 heteroatoms. The van der Waals surface area contributed by atoms with Gasteiger partial charge in [-0.15, -0.1) is 0 Å². The van der Waals surface area contributed by atoms with E-state index >= 15 is 0 Å². The molecule has 142 valence electrons. The number of nitrogens with two attached hydrogens (primary N) is 1. The van der Waals surface area contributed by atoms with Crippen molar-refractivity contribution in [1.29, 1.82) is 0 Å². The maximum atomic E-state index is 12.4. The Balaban J connectivity index is 1.59. The molecule has 0 fully saturated rings. The number of rotatable bonds is 6. The van der Waals surface area contributed by atoms with E-state index in [4.69, 9.17) is 15.2 Å². The van der Waals surface area contributed by atoms with Gasteiger partial charge in [0.2, 0.25) is 11.8 Å². The zero-order valence-electron chi connectivity index (χ0n) is 15.3. The Morgan fingerprint density at radius 2 is 1.67 bits per heavy atom. The summed E-state index contributed by atoms with van der Waals surface area (Å²) in [6.45, 7) is 4.86. The average Bonchev–Trinajstić information content (AvgIpc) is 2.67. The number of hydrogen-bond donors (Lipinski definition) is 3. The van der Waals surface area contributed by atoms with Gasteiger partial charge in [-0.05, 0) is 55.8 Å². The van der Waals surface area contributed by atoms with Crippen molar-refractivity contribution >= 4 is 17.5 Å². The van der Waals surface area contributed by atoms with Crippen LogP contribution < -0.4 is 25.8 Å². The highest BCUT2D eigenvalue weighted by molar-refractivity contribution is 5.96. The predicted octanol–water partition coefficient (Wildman–Crippen LogP) is 2.23. The van der Waals surface area contributed by atoms with Gasteiger partial charge in [-0.25, -0.2) is 0 Å². The molecule has 2 aromatic carbocycles. The van der Waals surface area contributed by atoms with Crippen LogP contribution in [0.15, 0.2) is 42.5 Å². The molecule has 2 aromatic rings. The Labute approximate surface area is 157 Å². The number of anilines is 1. The summed E-state index contributed by atoms with van der Waals surface area (Å²) in [6, 6.07) is 11.7. The summed E-state index contributed by atoms with van der Waals surface area (Å²) >= 11 is 0. The molecule has 0 aromatic heterocycles. The molecule has 0 saturated carbocycles. The third kappa shape index (κ3) is 4.57. The number of fused-ring (bicyclic) bond motifs is 1. The lowest BCUT2D eigenvalue weighted by Crippen LogP contribution is -2.39. The second-order valence-corrected chi connectivity index (χ2v) is 6.44. The van der Waals surface area contributed by atoms with E-state index in [9.17, 15) is 9.59 Å². The number of ether oxygens (including phenoxy) is 2. The van der Waals surface area contributed by atoms with Crippen LogP contribution in [0, 0.1) is 0 Å².